The molecule has 138 valence electrons. The third kappa shape index (κ3) is 4.31. The van der Waals surface area contributed by atoms with E-state index in [1.165, 1.54) is 42.5 Å². The smallest absolute Gasteiger partial charge is 0.335 e. The van der Waals surface area contributed by atoms with E-state index in [9.17, 15) is 19.2 Å². The summed E-state index contributed by atoms with van der Waals surface area (Å²) in [6, 6.07) is 16.4. The number of anilines is 1. The first kappa shape index (κ1) is 18.6. The predicted octanol–water partition coefficient (Wildman–Crippen LogP) is 4.33. The van der Waals surface area contributed by atoms with Crippen LogP contribution in [0.4, 0.5) is 10.1 Å². The molecule has 3 aromatic rings. The van der Waals surface area contributed by atoms with Gasteiger partial charge in [0.05, 0.1) is 5.56 Å². The minimum Gasteiger partial charge on any atom is -0.478 e. The van der Waals surface area contributed by atoms with Gasteiger partial charge >= 0.3 is 5.97 Å². The molecule has 0 fully saturated rings. The molecule has 0 bridgehead atoms. The number of carbonyl (C=O) groups excluding carboxylic acids is 1. The summed E-state index contributed by atoms with van der Waals surface area (Å²) in [4.78, 5) is 23.3. The summed E-state index contributed by atoms with van der Waals surface area (Å²) < 4.78 is 18.6. The number of hydrogen-bond donors (Lipinski definition) is 2. The van der Waals surface area contributed by atoms with Gasteiger partial charge < -0.3 is 14.8 Å². The van der Waals surface area contributed by atoms with E-state index in [0.717, 1.165) is 0 Å². The Morgan fingerprint density at radius 2 is 1.86 bits per heavy atom. The van der Waals surface area contributed by atoms with Gasteiger partial charge in [-0.1, -0.05) is 6.07 Å². The molecule has 0 aliphatic carbocycles. The average Bonchev–Trinajstić information content (AvgIpc) is 3.15. The van der Waals surface area contributed by atoms with Gasteiger partial charge in [0.15, 0.2) is 0 Å². The Morgan fingerprint density at radius 3 is 2.54 bits per heavy atom. The molecule has 6 nitrogen and oxygen atoms in total. The number of amides is 1. The Labute approximate surface area is 159 Å². The third-order valence-corrected chi connectivity index (χ3v) is 3.77. The lowest BCUT2D eigenvalue weighted by molar-refractivity contribution is -0.112. The van der Waals surface area contributed by atoms with E-state index in [4.69, 9.17) is 9.52 Å². The number of hydrogen-bond acceptors (Lipinski definition) is 4. The van der Waals surface area contributed by atoms with E-state index in [2.05, 4.69) is 5.32 Å². The molecule has 3 rings (SSSR count). The number of furan rings is 1. The minimum absolute atomic E-state index is 0.00950. The number of carboxylic acids is 1. The number of aromatic carboxylic acids is 1. The van der Waals surface area contributed by atoms with E-state index in [1.54, 1.807) is 30.3 Å². The topological polar surface area (TPSA) is 103 Å². The van der Waals surface area contributed by atoms with Crippen molar-refractivity contribution in [1.82, 2.24) is 0 Å². The molecule has 2 N–H and O–H groups in total. The lowest BCUT2D eigenvalue weighted by Gasteiger charge is -2.05. The molecule has 0 saturated heterocycles. The number of rotatable bonds is 5. The molecule has 0 aliphatic heterocycles. The number of nitrogens with one attached hydrogen (secondary N) is 1. The van der Waals surface area contributed by atoms with Crippen LogP contribution in [0.5, 0.6) is 0 Å². The lowest BCUT2D eigenvalue weighted by Crippen LogP contribution is -2.13. The molecule has 7 heteroatoms. The van der Waals surface area contributed by atoms with Crippen LogP contribution in [-0.2, 0) is 4.79 Å². The van der Waals surface area contributed by atoms with Crippen molar-refractivity contribution in [3.8, 4) is 17.4 Å². The summed E-state index contributed by atoms with van der Waals surface area (Å²) >= 11 is 0. The number of benzene rings is 2. The standard InChI is InChI=1S/C21H13FN2O4/c22-16-6-4-13(5-7-16)19-9-8-18(28-19)11-15(12-23)20(25)24-17-3-1-2-14(10-17)21(26)27/h1-11H,(H,24,25)(H,26,27)/b15-11-. The van der Waals surface area contributed by atoms with Crippen molar-refractivity contribution in [2.45, 2.75) is 0 Å². The van der Waals surface area contributed by atoms with Gasteiger partial charge in [-0.15, -0.1) is 0 Å². The van der Waals surface area contributed by atoms with Crippen molar-refractivity contribution >= 4 is 23.6 Å². The van der Waals surface area contributed by atoms with Crippen LogP contribution in [0.2, 0.25) is 0 Å². The molecule has 28 heavy (non-hydrogen) atoms. The van der Waals surface area contributed by atoms with Crippen molar-refractivity contribution in [2.75, 3.05) is 5.32 Å². The van der Waals surface area contributed by atoms with E-state index >= 15 is 0 Å². The van der Waals surface area contributed by atoms with Gasteiger partial charge in [-0.3, -0.25) is 4.79 Å². The molecule has 0 spiro atoms. The largest absolute Gasteiger partial charge is 0.478 e. The number of nitriles is 1. The highest BCUT2D eigenvalue weighted by Crippen LogP contribution is 2.24. The van der Waals surface area contributed by atoms with Crippen LogP contribution in [0.25, 0.3) is 17.4 Å². The Hall–Kier alpha value is -4.18. The maximum absolute atomic E-state index is 13.0. The zero-order valence-corrected chi connectivity index (χ0v) is 14.3. The van der Waals surface area contributed by atoms with Gasteiger partial charge in [0, 0.05) is 17.3 Å². The van der Waals surface area contributed by atoms with Crippen LogP contribution in [0, 0.1) is 17.1 Å². The number of carbonyl (C=O) groups is 2. The Balaban J connectivity index is 1.79. The van der Waals surface area contributed by atoms with Gasteiger partial charge in [-0.2, -0.15) is 5.26 Å². The van der Waals surface area contributed by atoms with Gasteiger partial charge in [0.2, 0.25) is 0 Å². The fourth-order valence-electron chi connectivity index (χ4n) is 2.42. The number of carboxylic acid groups (broad SMARTS) is 1. The molecule has 0 atom stereocenters. The first-order valence-corrected chi connectivity index (χ1v) is 8.08. The zero-order chi connectivity index (χ0) is 20.1. The number of nitrogens with zero attached hydrogens (tertiary/aromatic N) is 1. The molecule has 1 amide bonds. The summed E-state index contributed by atoms with van der Waals surface area (Å²) in [6.07, 6.45) is 1.27. The molecule has 0 saturated carbocycles. The summed E-state index contributed by atoms with van der Waals surface area (Å²) in [6.45, 7) is 0. The second kappa shape index (κ2) is 8.01. The van der Waals surface area contributed by atoms with Crippen LogP contribution in [0.1, 0.15) is 16.1 Å². The molecule has 0 radical (unpaired) electrons. The second-order valence-corrected chi connectivity index (χ2v) is 5.72. The van der Waals surface area contributed by atoms with E-state index < -0.39 is 11.9 Å². The summed E-state index contributed by atoms with van der Waals surface area (Å²) in [7, 11) is 0. The van der Waals surface area contributed by atoms with E-state index in [0.29, 0.717) is 11.3 Å². The molecule has 0 unspecified atom stereocenters. The summed E-state index contributed by atoms with van der Waals surface area (Å²) in [5.74, 6) is -1.48. The Morgan fingerprint density at radius 1 is 1.11 bits per heavy atom. The highest BCUT2D eigenvalue weighted by atomic mass is 19.1. The van der Waals surface area contributed by atoms with E-state index in [1.807, 2.05) is 0 Å². The lowest BCUT2D eigenvalue weighted by atomic mass is 10.2. The summed E-state index contributed by atoms with van der Waals surface area (Å²) in [5.41, 5.74) is 0.683. The highest BCUT2D eigenvalue weighted by molar-refractivity contribution is 6.09. The Kier molecular flexibility index (Phi) is 5.33. The fourth-order valence-corrected chi connectivity index (χ4v) is 2.42. The average molecular weight is 376 g/mol. The summed E-state index contributed by atoms with van der Waals surface area (Å²) in [5, 5.41) is 20.7. The molecular weight excluding hydrogens is 363 g/mol. The third-order valence-electron chi connectivity index (χ3n) is 3.77. The monoisotopic (exact) mass is 376 g/mol. The van der Waals surface area contributed by atoms with Crippen LogP contribution >= 0.6 is 0 Å². The van der Waals surface area contributed by atoms with Crippen molar-refractivity contribution in [1.29, 1.82) is 5.26 Å². The van der Waals surface area contributed by atoms with Crippen molar-refractivity contribution < 1.29 is 23.5 Å². The maximum Gasteiger partial charge on any atom is 0.335 e. The zero-order valence-electron chi connectivity index (χ0n) is 14.3. The van der Waals surface area contributed by atoms with Crippen LogP contribution < -0.4 is 5.32 Å². The first-order valence-electron chi connectivity index (χ1n) is 8.08. The van der Waals surface area contributed by atoms with Crippen LogP contribution in [0.3, 0.4) is 0 Å². The fraction of sp³-hybridized carbons (Fsp3) is 0. The quantitative estimate of drug-likeness (QED) is 0.510. The first-order chi connectivity index (χ1) is 13.5. The van der Waals surface area contributed by atoms with Crippen molar-refractivity contribution in [2.24, 2.45) is 0 Å². The normalized spacial score (nSPS) is 10.9. The highest BCUT2D eigenvalue weighted by Gasteiger charge is 2.13. The predicted molar refractivity (Wildman–Crippen MR) is 99.7 cm³/mol. The van der Waals surface area contributed by atoms with Gasteiger partial charge in [-0.05, 0) is 54.6 Å². The van der Waals surface area contributed by atoms with Crippen molar-refractivity contribution in [3.05, 3.63) is 83.4 Å². The Bertz CT molecular complexity index is 1110. The van der Waals surface area contributed by atoms with Gasteiger partial charge in [-0.25, -0.2) is 9.18 Å². The van der Waals surface area contributed by atoms with Crippen LogP contribution in [-0.4, -0.2) is 17.0 Å². The molecule has 1 heterocycles. The SMILES string of the molecule is N#C/C(=C/c1ccc(-c2ccc(F)cc2)o1)C(=O)Nc1cccc(C(=O)O)c1. The van der Waals surface area contributed by atoms with Crippen LogP contribution in [0.15, 0.2) is 70.7 Å². The second-order valence-electron chi connectivity index (χ2n) is 5.72. The van der Waals surface area contributed by atoms with E-state index in [-0.39, 0.29) is 28.4 Å². The van der Waals surface area contributed by atoms with Gasteiger partial charge in [0.25, 0.3) is 5.91 Å². The molecule has 1 aromatic heterocycles. The molecular formula is C21H13FN2O4. The molecule has 2 aromatic carbocycles. The number of halogens is 1. The molecule has 0 aliphatic rings. The maximum atomic E-state index is 13.0. The van der Waals surface area contributed by atoms with Gasteiger partial charge in [0.1, 0.15) is 29.0 Å². The minimum atomic E-state index is -1.13. The van der Waals surface area contributed by atoms with Crippen molar-refractivity contribution in [3.63, 3.8) is 0 Å².